The van der Waals surface area contributed by atoms with E-state index in [-0.39, 0.29) is 12.5 Å². The molecule has 0 aromatic carbocycles. The summed E-state index contributed by atoms with van der Waals surface area (Å²) < 4.78 is 0. The fourth-order valence-electron chi connectivity index (χ4n) is 2.39. The molecule has 1 rings (SSSR count). The summed E-state index contributed by atoms with van der Waals surface area (Å²) in [6.07, 6.45) is 3.52. The topological polar surface area (TPSA) is 49.2 Å². The van der Waals surface area contributed by atoms with Crippen molar-refractivity contribution in [2.75, 3.05) is 18.1 Å². The molecule has 0 fully saturated rings. The van der Waals surface area contributed by atoms with E-state index in [2.05, 4.69) is 42.6 Å². The molecule has 1 aromatic rings. The van der Waals surface area contributed by atoms with Crippen LogP contribution in [-0.2, 0) is 0 Å². The van der Waals surface area contributed by atoms with Crippen LogP contribution in [0.5, 0.6) is 0 Å². The molecule has 19 heavy (non-hydrogen) atoms. The molecule has 0 atom stereocenters. The van der Waals surface area contributed by atoms with E-state index in [4.69, 9.17) is 11.6 Å². The first-order chi connectivity index (χ1) is 9.06. The van der Waals surface area contributed by atoms with Crippen LogP contribution in [0.2, 0.25) is 5.15 Å². The van der Waals surface area contributed by atoms with Gasteiger partial charge in [0.05, 0.1) is 6.61 Å². The van der Waals surface area contributed by atoms with Crippen LogP contribution in [-0.4, -0.2) is 34.3 Å². The number of anilines is 1. The second kappa shape index (κ2) is 7.65. The second-order valence-electron chi connectivity index (χ2n) is 4.94. The quantitative estimate of drug-likeness (QED) is 0.782. The number of hydrogen-bond donors (Lipinski definition) is 1. The highest BCUT2D eigenvalue weighted by atomic mass is 35.5. The zero-order valence-corrected chi connectivity index (χ0v) is 13.0. The third-order valence-electron chi connectivity index (χ3n) is 3.39. The van der Waals surface area contributed by atoms with Gasteiger partial charge in [0.2, 0.25) is 0 Å². The lowest BCUT2D eigenvalue weighted by Gasteiger charge is -2.33. The number of halogens is 1. The van der Waals surface area contributed by atoms with E-state index in [1.165, 1.54) is 6.33 Å². The molecule has 0 saturated carbocycles. The van der Waals surface area contributed by atoms with Crippen molar-refractivity contribution >= 4 is 17.4 Å². The maximum atomic E-state index is 9.32. The van der Waals surface area contributed by atoms with Gasteiger partial charge in [-0.3, -0.25) is 0 Å². The fourth-order valence-corrected chi connectivity index (χ4v) is 2.74. The molecule has 0 aliphatic carbocycles. The zero-order valence-electron chi connectivity index (χ0n) is 12.2. The third kappa shape index (κ3) is 3.80. The minimum Gasteiger partial charge on any atom is -0.395 e. The molecule has 4 nitrogen and oxygen atoms in total. The lowest BCUT2D eigenvalue weighted by molar-refractivity contribution is 0.295. The molecule has 1 N–H and O–H groups in total. The van der Waals surface area contributed by atoms with E-state index in [1.54, 1.807) is 0 Å². The molecule has 0 saturated heterocycles. The van der Waals surface area contributed by atoms with Crippen molar-refractivity contribution in [1.82, 2.24) is 9.97 Å². The summed E-state index contributed by atoms with van der Waals surface area (Å²) >= 11 is 6.22. The van der Waals surface area contributed by atoms with Crippen LogP contribution in [0.4, 0.5) is 5.82 Å². The number of hydrogen-bond acceptors (Lipinski definition) is 4. The summed E-state index contributed by atoms with van der Waals surface area (Å²) in [5, 5.41) is 9.83. The van der Waals surface area contributed by atoms with Gasteiger partial charge in [-0.2, -0.15) is 0 Å². The maximum absolute atomic E-state index is 9.32. The Labute approximate surface area is 120 Å². The summed E-state index contributed by atoms with van der Waals surface area (Å²) in [6, 6.07) is 0.357. The molecular weight excluding hydrogens is 262 g/mol. The Hall–Kier alpha value is -0.870. The molecule has 0 bridgehead atoms. The van der Waals surface area contributed by atoms with E-state index >= 15 is 0 Å². The third-order valence-corrected chi connectivity index (χ3v) is 3.69. The molecular formula is C14H24ClN3O. The van der Waals surface area contributed by atoms with Gasteiger partial charge in [-0.1, -0.05) is 39.3 Å². The van der Waals surface area contributed by atoms with Gasteiger partial charge >= 0.3 is 0 Å². The van der Waals surface area contributed by atoms with Crippen LogP contribution in [0, 0.1) is 0 Å². The van der Waals surface area contributed by atoms with Crippen molar-refractivity contribution < 1.29 is 5.11 Å². The maximum Gasteiger partial charge on any atom is 0.138 e. The lowest BCUT2D eigenvalue weighted by atomic mass is 10.0. The predicted octanol–water partition coefficient (Wildman–Crippen LogP) is 3.24. The molecule has 0 radical (unpaired) electrons. The lowest BCUT2D eigenvalue weighted by Crippen LogP contribution is -2.38. The van der Waals surface area contributed by atoms with E-state index in [1.807, 2.05) is 0 Å². The van der Waals surface area contributed by atoms with Gasteiger partial charge in [0.15, 0.2) is 0 Å². The van der Waals surface area contributed by atoms with Crippen LogP contribution >= 0.6 is 11.6 Å². The molecule has 5 heteroatoms. The summed E-state index contributed by atoms with van der Waals surface area (Å²) in [4.78, 5) is 10.7. The van der Waals surface area contributed by atoms with Gasteiger partial charge in [-0.15, -0.1) is 0 Å². The molecule has 1 aromatic heterocycles. The van der Waals surface area contributed by atoms with Crippen molar-refractivity contribution in [3.8, 4) is 0 Å². The smallest absolute Gasteiger partial charge is 0.138 e. The first-order valence-electron chi connectivity index (χ1n) is 6.94. The van der Waals surface area contributed by atoms with E-state index in [9.17, 15) is 5.11 Å². The Balaban J connectivity index is 3.25. The normalized spacial score (nSPS) is 11.4. The van der Waals surface area contributed by atoms with E-state index < -0.39 is 0 Å². The van der Waals surface area contributed by atoms with E-state index in [0.29, 0.717) is 17.7 Å². The Kier molecular flexibility index (Phi) is 6.52. The SMILES string of the molecule is CCC(CC)N(CCO)c1ncnc(Cl)c1C(C)C. The average Bonchev–Trinajstić information content (AvgIpc) is 2.38. The molecule has 0 unspecified atom stereocenters. The number of aromatic nitrogens is 2. The Bertz CT molecular complexity index is 394. The van der Waals surface area contributed by atoms with Crippen LogP contribution < -0.4 is 4.90 Å². The first kappa shape index (κ1) is 16.2. The Morgan fingerprint density at radius 2 is 1.89 bits per heavy atom. The predicted molar refractivity (Wildman–Crippen MR) is 79.9 cm³/mol. The highest BCUT2D eigenvalue weighted by Crippen LogP contribution is 2.32. The fraction of sp³-hybridized carbons (Fsp3) is 0.714. The number of rotatable bonds is 7. The van der Waals surface area contributed by atoms with Gasteiger partial charge in [-0.25, -0.2) is 9.97 Å². The minimum absolute atomic E-state index is 0.107. The largest absolute Gasteiger partial charge is 0.395 e. The second-order valence-corrected chi connectivity index (χ2v) is 5.30. The van der Waals surface area contributed by atoms with Crippen LogP contribution in [0.3, 0.4) is 0 Å². The molecule has 0 aliphatic heterocycles. The van der Waals surface area contributed by atoms with Gasteiger partial charge in [0.25, 0.3) is 0 Å². The molecule has 1 heterocycles. The van der Waals surface area contributed by atoms with Crippen molar-refractivity contribution in [2.24, 2.45) is 0 Å². The van der Waals surface area contributed by atoms with Crippen molar-refractivity contribution in [3.05, 3.63) is 17.0 Å². The monoisotopic (exact) mass is 285 g/mol. The highest BCUT2D eigenvalue weighted by molar-refractivity contribution is 6.30. The summed E-state index contributed by atoms with van der Waals surface area (Å²) in [7, 11) is 0. The first-order valence-corrected chi connectivity index (χ1v) is 7.32. The van der Waals surface area contributed by atoms with Gasteiger partial charge in [-0.05, 0) is 18.8 Å². The standard InChI is InChI=1S/C14H24ClN3O/c1-5-11(6-2)18(7-8-19)14-12(10(3)4)13(15)16-9-17-14/h9-11,19H,5-8H2,1-4H3. The minimum atomic E-state index is 0.107. The molecule has 0 spiro atoms. The highest BCUT2D eigenvalue weighted by Gasteiger charge is 2.23. The Morgan fingerprint density at radius 3 is 2.37 bits per heavy atom. The molecule has 108 valence electrons. The number of aliphatic hydroxyl groups is 1. The zero-order chi connectivity index (χ0) is 14.4. The average molecular weight is 286 g/mol. The van der Waals surface area contributed by atoms with E-state index in [0.717, 1.165) is 24.2 Å². The van der Waals surface area contributed by atoms with Gasteiger partial charge in [0, 0.05) is 18.2 Å². The molecule has 0 aliphatic rings. The number of nitrogens with zero attached hydrogens (tertiary/aromatic N) is 3. The number of aliphatic hydroxyl groups excluding tert-OH is 1. The summed E-state index contributed by atoms with van der Waals surface area (Å²) in [5.41, 5.74) is 0.963. The summed E-state index contributed by atoms with van der Waals surface area (Å²) in [5.74, 6) is 1.11. The van der Waals surface area contributed by atoms with Crippen LogP contribution in [0.1, 0.15) is 52.0 Å². The van der Waals surface area contributed by atoms with Crippen molar-refractivity contribution in [1.29, 1.82) is 0 Å². The summed E-state index contributed by atoms with van der Waals surface area (Å²) in [6.45, 7) is 9.14. The Morgan fingerprint density at radius 1 is 1.26 bits per heavy atom. The van der Waals surface area contributed by atoms with Crippen molar-refractivity contribution in [2.45, 2.75) is 52.5 Å². The molecule has 0 amide bonds. The van der Waals surface area contributed by atoms with Crippen LogP contribution in [0.25, 0.3) is 0 Å². The van der Waals surface area contributed by atoms with Gasteiger partial charge < -0.3 is 10.0 Å². The van der Waals surface area contributed by atoms with Crippen LogP contribution in [0.15, 0.2) is 6.33 Å². The van der Waals surface area contributed by atoms with Crippen molar-refractivity contribution in [3.63, 3.8) is 0 Å². The van der Waals surface area contributed by atoms with Gasteiger partial charge in [0.1, 0.15) is 17.3 Å².